The maximum Gasteiger partial charge on any atom is 0.254 e. The van der Waals surface area contributed by atoms with Crippen LogP contribution in [0.15, 0.2) is 49.1 Å². The van der Waals surface area contributed by atoms with Crippen LogP contribution in [0.2, 0.25) is 0 Å². The van der Waals surface area contributed by atoms with Crippen molar-refractivity contribution >= 4 is 17.7 Å². The van der Waals surface area contributed by atoms with Crippen LogP contribution in [0.25, 0.3) is 11.1 Å². The van der Waals surface area contributed by atoms with Crippen LogP contribution in [0.3, 0.4) is 0 Å². The fourth-order valence-corrected chi connectivity index (χ4v) is 4.24. The molecule has 1 aliphatic carbocycles. The number of ether oxygens (including phenoxy) is 1. The molecule has 4 N–H and O–H groups in total. The maximum atomic E-state index is 13.7. The molecule has 195 valence electrons. The van der Waals surface area contributed by atoms with E-state index in [1.165, 1.54) is 11.0 Å². The minimum absolute atomic E-state index is 0.0390. The van der Waals surface area contributed by atoms with E-state index in [0.29, 0.717) is 37.9 Å². The summed E-state index contributed by atoms with van der Waals surface area (Å²) in [6.45, 7) is 4.54. The van der Waals surface area contributed by atoms with Gasteiger partial charge in [0.25, 0.3) is 17.7 Å². The van der Waals surface area contributed by atoms with Gasteiger partial charge in [0, 0.05) is 31.7 Å². The highest BCUT2D eigenvalue weighted by atomic mass is 16.5. The first-order chi connectivity index (χ1) is 17.9. The molecule has 1 heterocycles. The van der Waals surface area contributed by atoms with Gasteiger partial charge in [-0.3, -0.25) is 14.4 Å². The van der Waals surface area contributed by atoms with Crippen LogP contribution in [0, 0.1) is 6.07 Å². The second-order valence-electron chi connectivity index (χ2n) is 9.36. The van der Waals surface area contributed by atoms with Crippen molar-refractivity contribution in [3.63, 3.8) is 0 Å². The molecule has 1 saturated carbocycles. The van der Waals surface area contributed by atoms with Crippen molar-refractivity contribution in [2.75, 3.05) is 39.4 Å². The van der Waals surface area contributed by atoms with Crippen molar-refractivity contribution in [2.45, 2.75) is 31.0 Å². The number of aliphatic hydroxyl groups is 2. The van der Waals surface area contributed by atoms with Gasteiger partial charge >= 0.3 is 0 Å². The number of carbonyl (C=O) groups excluding carboxylic acids is 3. The highest BCUT2D eigenvalue weighted by Crippen LogP contribution is 2.35. The third-order valence-corrected chi connectivity index (χ3v) is 6.55. The maximum absolute atomic E-state index is 13.7. The fourth-order valence-electron chi connectivity index (χ4n) is 4.24. The number of morpholine rings is 1. The Kier molecular flexibility index (Phi) is 8.38. The Hall–Kier alpha value is -3.53. The smallest absolute Gasteiger partial charge is 0.254 e. The van der Waals surface area contributed by atoms with Crippen molar-refractivity contribution in [3.8, 4) is 11.1 Å². The Morgan fingerprint density at radius 2 is 1.95 bits per heavy atom. The molecule has 4 rings (SSSR count). The topological polar surface area (TPSA) is 128 Å². The number of benzene rings is 2. The Balaban J connectivity index is 1.81. The molecule has 9 heteroatoms. The summed E-state index contributed by atoms with van der Waals surface area (Å²) < 4.78 is 5.48. The van der Waals surface area contributed by atoms with Gasteiger partial charge in [-0.15, -0.1) is 6.58 Å². The summed E-state index contributed by atoms with van der Waals surface area (Å²) >= 11 is 0. The molecule has 1 aliphatic heterocycles. The largest absolute Gasteiger partial charge is 0.394 e. The first-order valence-corrected chi connectivity index (χ1v) is 12.4. The zero-order valence-electron chi connectivity index (χ0n) is 20.7. The SMILES string of the molecule is C=CCCNC(=O)c1[c]cc(C(=O)N2CCOC(CO)C2)c(C(=O)NCC2(O)CC2)c1-c1ccccc1. The monoisotopic (exact) mass is 506 g/mol. The highest BCUT2D eigenvalue weighted by molar-refractivity contribution is 6.15. The lowest BCUT2D eigenvalue weighted by Crippen LogP contribution is -2.47. The van der Waals surface area contributed by atoms with Crippen LogP contribution in [-0.2, 0) is 4.74 Å². The van der Waals surface area contributed by atoms with Gasteiger partial charge in [-0.25, -0.2) is 0 Å². The molecular weight excluding hydrogens is 474 g/mol. The fraction of sp³-hybridized carbons (Fsp3) is 0.393. The van der Waals surface area contributed by atoms with Crippen LogP contribution in [-0.4, -0.2) is 83.9 Å². The third-order valence-electron chi connectivity index (χ3n) is 6.55. The average Bonchev–Trinajstić information content (AvgIpc) is 3.68. The van der Waals surface area contributed by atoms with Crippen molar-refractivity contribution in [2.24, 2.45) is 0 Å². The summed E-state index contributed by atoms with van der Waals surface area (Å²) in [5.41, 5.74) is 0.178. The van der Waals surface area contributed by atoms with E-state index >= 15 is 0 Å². The van der Waals surface area contributed by atoms with E-state index in [1.807, 2.05) is 6.07 Å². The zero-order valence-corrected chi connectivity index (χ0v) is 20.7. The van der Waals surface area contributed by atoms with Gasteiger partial charge in [-0.2, -0.15) is 0 Å². The summed E-state index contributed by atoms with van der Waals surface area (Å²) in [4.78, 5) is 42.1. The molecule has 1 radical (unpaired) electrons. The summed E-state index contributed by atoms with van der Waals surface area (Å²) in [6, 6.07) is 13.2. The van der Waals surface area contributed by atoms with Crippen LogP contribution >= 0.6 is 0 Å². The van der Waals surface area contributed by atoms with Crippen molar-refractivity contribution in [1.29, 1.82) is 0 Å². The minimum atomic E-state index is -0.947. The first kappa shape index (κ1) is 26.5. The Bertz CT molecular complexity index is 1160. The second-order valence-corrected chi connectivity index (χ2v) is 9.36. The van der Waals surface area contributed by atoms with E-state index in [9.17, 15) is 24.6 Å². The van der Waals surface area contributed by atoms with E-state index in [2.05, 4.69) is 23.3 Å². The molecule has 2 aliphatic rings. The van der Waals surface area contributed by atoms with Gasteiger partial charge in [-0.1, -0.05) is 36.4 Å². The molecule has 1 unspecified atom stereocenters. The summed E-state index contributed by atoms with van der Waals surface area (Å²) in [6.07, 6.45) is 2.90. The Morgan fingerprint density at radius 1 is 1.19 bits per heavy atom. The van der Waals surface area contributed by atoms with E-state index in [4.69, 9.17) is 4.74 Å². The van der Waals surface area contributed by atoms with Crippen molar-refractivity contribution in [3.05, 3.63) is 71.8 Å². The molecular formula is C28H32N3O6. The number of amides is 3. The predicted molar refractivity (Wildman–Crippen MR) is 137 cm³/mol. The Labute approximate surface area is 216 Å². The van der Waals surface area contributed by atoms with Crippen LogP contribution in [0.5, 0.6) is 0 Å². The van der Waals surface area contributed by atoms with E-state index in [-0.39, 0.29) is 48.6 Å². The van der Waals surface area contributed by atoms with Gasteiger partial charge in [0.05, 0.1) is 41.6 Å². The van der Waals surface area contributed by atoms with Gasteiger partial charge in [-0.05, 0) is 37.0 Å². The molecule has 1 atom stereocenters. The summed E-state index contributed by atoms with van der Waals surface area (Å²) in [7, 11) is 0. The summed E-state index contributed by atoms with van der Waals surface area (Å²) in [5, 5.41) is 25.4. The van der Waals surface area contributed by atoms with Gasteiger partial charge in [0.1, 0.15) is 0 Å². The molecule has 37 heavy (non-hydrogen) atoms. The molecule has 0 spiro atoms. The predicted octanol–water partition coefficient (Wildman–Crippen LogP) is 1.55. The number of nitrogens with zero attached hydrogens (tertiary/aromatic N) is 1. The lowest BCUT2D eigenvalue weighted by Gasteiger charge is -2.32. The van der Waals surface area contributed by atoms with Crippen molar-refractivity contribution < 1.29 is 29.3 Å². The molecule has 9 nitrogen and oxygen atoms in total. The first-order valence-electron chi connectivity index (χ1n) is 12.4. The van der Waals surface area contributed by atoms with E-state index in [1.54, 1.807) is 30.3 Å². The minimum Gasteiger partial charge on any atom is -0.394 e. The molecule has 1 saturated heterocycles. The molecule has 2 aromatic rings. The van der Waals surface area contributed by atoms with Crippen LogP contribution < -0.4 is 10.6 Å². The molecule has 0 bridgehead atoms. The van der Waals surface area contributed by atoms with Crippen LogP contribution in [0.1, 0.15) is 50.3 Å². The number of hydrogen-bond donors (Lipinski definition) is 4. The summed E-state index contributed by atoms with van der Waals surface area (Å²) in [5.74, 6) is -1.42. The van der Waals surface area contributed by atoms with E-state index in [0.717, 1.165) is 0 Å². The molecule has 3 amide bonds. The van der Waals surface area contributed by atoms with E-state index < -0.39 is 29.4 Å². The second kappa shape index (κ2) is 11.7. The van der Waals surface area contributed by atoms with Gasteiger partial charge in [0.15, 0.2) is 0 Å². The average molecular weight is 507 g/mol. The number of aliphatic hydroxyl groups excluding tert-OH is 1. The normalized spacial score (nSPS) is 18.1. The number of rotatable bonds is 10. The third kappa shape index (κ3) is 6.25. The number of nitrogens with one attached hydrogen (secondary N) is 2. The standard InChI is InChI=1S/C28H32N3O6/c1-2-3-13-29-25(33)21-9-10-22(27(35)31-14-15-37-20(16-31)17-32)24(23(21)19-7-5-4-6-8-19)26(34)30-18-28(36)11-12-28/h2,4-8,10,20,32,36H,1,3,11-18H2,(H,29,33)(H,30,34). The Morgan fingerprint density at radius 3 is 2.62 bits per heavy atom. The van der Waals surface area contributed by atoms with Crippen LogP contribution in [0.4, 0.5) is 0 Å². The molecule has 0 aromatic heterocycles. The zero-order chi connectivity index (χ0) is 26.4. The lowest BCUT2D eigenvalue weighted by atomic mass is 9.89. The lowest BCUT2D eigenvalue weighted by molar-refractivity contribution is -0.0447. The number of carbonyl (C=O) groups is 3. The molecule has 2 aromatic carbocycles. The number of hydrogen-bond acceptors (Lipinski definition) is 6. The van der Waals surface area contributed by atoms with Crippen molar-refractivity contribution in [1.82, 2.24) is 15.5 Å². The van der Waals surface area contributed by atoms with Gasteiger partial charge in [0.2, 0.25) is 0 Å². The quantitative estimate of drug-likeness (QED) is 0.286. The molecule has 2 fully saturated rings. The van der Waals surface area contributed by atoms with Gasteiger partial charge < -0.3 is 30.5 Å². The highest BCUT2D eigenvalue weighted by Gasteiger charge is 2.41.